The minimum absolute atomic E-state index is 0.169. The predicted molar refractivity (Wildman–Crippen MR) is 68.5 cm³/mol. The summed E-state index contributed by atoms with van der Waals surface area (Å²) in [5.41, 5.74) is 0.124. The van der Waals surface area contributed by atoms with Gasteiger partial charge in [0.15, 0.2) is 5.75 Å². The van der Waals surface area contributed by atoms with Gasteiger partial charge in [0.25, 0.3) is 5.58 Å². The van der Waals surface area contributed by atoms with Crippen LogP contribution in [0, 0.1) is 0 Å². The minimum atomic E-state index is -0.332. The molecule has 0 aliphatic heterocycles. The van der Waals surface area contributed by atoms with Crippen LogP contribution in [0.4, 0.5) is 0 Å². The van der Waals surface area contributed by atoms with E-state index in [2.05, 4.69) is 0 Å². The Kier molecular flexibility index (Phi) is 3.66. The molecule has 0 aliphatic carbocycles. The van der Waals surface area contributed by atoms with Gasteiger partial charge in [0.2, 0.25) is 0 Å². The van der Waals surface area contributed by atoms with Crippen LogP contribution in [-0.4, -0.2) is 25.3 Å². The summed E-state index contributed by atoms with van der Waals surface area (Å²) in [6.45, 7) is 0. The molecule has 1 N–H and O–H groups in total. The highest BCUT2D eigenvalue weighted by molar-refractivity contribution is 7.94. The third-order valence-corrected chi connectivity index (χ3v) is 2.74. The van der Waals surface area contributed by atoms with Gasteiger partial charge in [-0.2, -0.15) is 0 Å². The average molecular weight is 269 g/mol. The molecule has 0 aliphatic rings. The lowest BCUT2D eigenvalue weighted by atomic mass is 10.2. The molecule has 0 saturated heterocycles. The topological polar surface area (TPSA) is 62.2 Å². The van der Waals surface area contributed by atoms with Gasteiger partial charge in [0, 0.05) is 6.26 Å². The van der Waals surface area contributed by atoms with Crippen LogP contribution in [0.1, 0.15) is 0 Å². The van der Waals surface area contributed by atoms with E-state index in [9.17, 15) is 4.79 Å². The maximum absolute atomic E-state index is 9.79. The maximum atomic E-state index is 9.79. The molecular weight excluding hydrogens is 256 g/mol. The van der Waals surface area contributed by atoms with Crippen molar-refractivity contribution in [1.29, 1.82) is 0 Å². The highest BCUT2D eigenvalue weighted by atomic mass is 32.2. The van der Waals surface area contributed by atoms with Crippen molar-refractivity contribution in [3.8, 4) is 17.2 Å². The molecule has 0 bridgehead atoms. The zero-order valence-electron chi connectivity index (χ0n) is 10.2. The van der Waals surface area contributed by atoms with E-state index >= 15 is 0 Å². The van der Waals surface area contributed by atoms with E-state index in [1.54, 1.807) is 31.6 Å². The molecule has 0 atom stereocenters. The van der Waals surface area contributed by atoms with Gasteiger partial charge in [-0.25, -0.2) is 0 Å². The second kappa shape index (κ2) is 5.22. The second-order valence-corrected chi connectivity index (χ2v) is 3.88. The van der Waals surface area contributed by atoms with Gasteiger partial charge in [-0.1, -0.05) is 0 Å². The monoisotopic (exact) mass is 269 g/mol. The number of benzene rings is 1. The molecule has 96 valence electrons. The van der Waals surface area contributed by atoms with Gasteiger partial charge >= 0.3 is 11.4 Å². The molecule has 0 amide bonds. The Morgan fingerprint density at radius 3 is 2.56 bits per heavy atom. The van der Waals surface area contributed by atoms with Gasteiger partial charge in [-0.3, -0.25) is 4.42 Å². The van der Waals surface area contributed by atoms with Crippen LogP contribution in [0.15, 0.2) is 22.6 Å². The average Bonchev–Trinajstić information content (AvgIpc) is 2.39. The van der Waals surface area contributed by atoms with Crippen molar-refractivity contribution in [2.24, 2.45) is 0 Å². The van der Waals surface area contributed by atoms with Crippen molar-refractivity contribution in [3.63, 3.8) is 0 Å². The standard InChI is InChI=1S/C12H12O5S/c1-14-7-4-5-8-9(6-7)16-12(13)11(17-18-3)10(8)15-2/h4-6H,1-3H3/p+1. The van der Waals surface area contributed by atoms with Crippen molar-refractivity contribution >= 4 is 23.0 Å². The molecule has 1 aromatic heterocycles. The van der Waals surface area contributed by atoms with Gasteiger partial charge < -0.3 is 18.5 Å². The first-order chi connectivity index (χ1) is 8.71. The van der Waals surface area contributed by atoms with Crippen molar-refractivity contribution in [1.82, 2.24) is 0 Å². The summed E-state index contributed by atoms with van der Waals surface area (Å²) in [5.74, 6) is 1.22. The molecule has 6 heteroatoms. The first kappa shape index (κ1) is 12.6. The Bertz CT molecular complexity index is 620. The summed E-state index contributed by atoms with van der Waals surface area (Å²) in [6.07, 6.45) is 1.73. The Balaban J connectivity index is 2.75. The zero-order chi connectivity index (χ0) is 13.1. The van der Waals surface area contributed by atoms with E-state index < -0.39 is 0 Å². The molecule has 1 aromatic carbocycles. The summed E-state index contributed by atoms with van der Waals surface area (Å²) < 4.78 is 20.9. The van der Waals surface area contributed by atoms with Crippen LogP contribution in [0.3, 0.4) is 0 Å². The number of rotatable bonds is 4. The van der Waals surface area contributed by atoms with Crippen molar-refractivity contribution in [2.45, 2.75) is 0 Å². The van der Waals surface area contributed by atoms with E-state index in [0.29, 0.717) is 22.5 Å². The number of hydrogen-bond acceptors (Lipinski definition) is 5. The Labute approximate surface area is 108 Å². The molecule has 18 heavy (non-hydrogen) atoms. The smallest absolute Gasteiger partial charge is 0.497 e. The molecule has 0 saturated carbocycles. The maximum Gasteiger partial charge on any atom is 0.566 e. The quantitative estimate of drug-likeness (QED) is 0.483. The fourth-order valence-electron chi connectivity index (χ4n) is 1.63. The molecule has 0 radical (unpaired) electrons. The van der Waals surface area contributed by atoms with Crippen LogP contribution >= 0.6 is 12.0 Å². The predicted octanol–water partition coefficient (Wildman–Crippen LogP) is 2.11. The van der Waals surface area contributed by atoms with E-state index in [1.807, 2.05) is 0 Å². The molecular formula is C12H13O5S+. The lowest BCUT2D eigenvalue weighted by molar-refractivity contribution is 0.342. The van der Waals surface area contributed by atoms with Crippen molar-refractivity contribution in [2.75, 3.05) is 20.5 Å². The molecule has 2 rings (SSSR count). The third-order valence-electron chi connectivity index (χ3n) is 2.41. The van der Waals surface area contributed by atoms with Crippen LogP contribution in [0.5, 0.6) is 17.2 Å². The highest BCUT2D eigenvalue weighted by Gasteiger charge is 2.23. The van der Waals surface area contributed by atoms with Crippen molar-refractivity contribution in [3.05, 3.63) is 23.8 Å². The molecule has 0 spiro atoms. The SMILES string of the molecule is COc1ccc2c(OC)c(OSC)c(=[OH+])oc2c1. The van der Waals surface area contributed by atoms with Gasteiger partial charge in [-0.05, 0) is 12.1 Å². The number of ether oxygens (including phenoxy) is 2. The van der Waals surface area contributed by atoms with Crippen LogP contribution < -0.4 is 19.3 Å². The fourth-order valence-corrected chi connectivity index (χ4v) is 1.94. The van der Waals surface area contributed by atoms with Crippen LogP contribution in [0.2, 0.25) is 0 Å². The molecule has 5 nitrogen and oxygen atoms in total. The van der Waals surface area contributed by atoms with E-state index in [-0.39, 0.29) is 11.4 Å². The molecule has 0 unspecified atom stereocenters. The number of hydrogen-bond donors (Lipinski definition) is 0. The Morgan fingerprint density at radius 2 is 1.94 bits per heavy atom. The van der Waals surface area contributed by atoms with E-state index in [0.717, 1.165) is 12.0 Å². The third kappa shape index (κ3) is 2.11. The highest BCUT2D eigenvalue weighted by Crippen LogP contribution is 2.34. The van der Waals surface area contributed by atoms with Crippen LogP contribution in [-0.2, 0) is 0 Å². The fraction of sp³-hybridized carbons (Fsp3) is 0.250. The molecule has 1 heterocycles. The van der Waals surface area contributed by atoms with Gasteiger partial charge in [0.1, 0.15) is 5.75 Å². The van der Waals surface area contributed by atoms with Gasteiger partial charge in [0.05, 0.1) is 37.7 Å². The Hall–Kier alpha value is -1.82. The first-order valence-corrected chi connectivity index (χ1v) is 6.27. The number of fused-ring (bicyclic) bond motifs is 1. The summed E-state index contributed by atoms with van der Waals surface area (Å²) >= 11 is 1.09. The second-order valence-electron chi connectivity index (χ2n) is 3.38. The van der Waals surface area contributed by atoms with Crippen molar-refractivity contribution < 1.29 is 22.9 Å². The number of methoxy groups -OCH3 is 2. The molecule has 2 aromatic rings. The van der Waals surface area contributed by atoms with E-state index in [1.165, 1.54) is 7.11 Å². The summed E-state index contributed by atoms with van der Waals surface area (Å²) in [6, 6.07) is 5.23. The largest absolute Gasteiger partial charge is 0.566 e. The summed E-state index contributed by atoms with van der Waals surface area (Å²) in [5, 5.41) is 0.695. The van der Waals surface area contributed by atoms with E-state index in [4.69, 9.17) is 18.1 Å². The summed E-state index contributed by atoms with van der Waals surface area (Å²) in [7, 11) is 3.06. The van der Waals surface area contributed by atoms with Gasteiger partial charge in [-0.15, -0.1) is 0 Å². The first-order valence-electron chi connectivity index (χ1n) is 5.12. The zero-order valence-corrected chi connectivity index (χ0v) is 11.0. The lowest BCUT2D eigenvalue weighted by Crippen LogP contribution is -2.07. The van der Waals surface area contributed by atoms with Crippen LogP contribution in [0.25, 0.3) is 11.0 Å². The lowest BCUT2D eigenvalue weighted by Gasteiger charge is -2.06. The normalized spacial score (nSPS) is 10.4. The summed E-state index contributed by atoms with van der Waals surface area (Å²) in [4.78, 5) is 9.79. The Morgan fingerprint density at radius 1 is 1.17 bits per heavy atom. The minimum Gasteiger partial charge on any atom is -0.497 e. The molecule has 0 fully saturated rings.